The molecule has 1 aromatic carbocycles. The molecule has 0 aliphatic rings. The van der Waals surface area contributed by atoms with E-state index in [2.05, 4.69) is 10.2 Å². The quantitative estimate of drug-likeness (QED) is 0.808. The van der Waals surface area contributed by atoms with Crippen LogP contribution in [-0.2, 0) is 0 Å². The zero-order valence-electron chi connectivity index (χ0n) is 9.25. The Hall–Kier alpha value is -2.43. The number of anilines is 1. The van der Waals surface area contributed by atoms with Gasteiger partial charge in [-0.15, -0.1) is 10.2 Å². The van der Waals surface area contributed by atoms with Gasteiger partial charge in [-0.3, -0.25) is 4.79 Å². The summed E-state index contributed by atoms with van der Waals surface area (Å²) in [5, 5.41) is 7.77. The first-order valence-electron chi connectivity index (χ1n) is 4.97. The summed E-state index contributed by atoms with van der Waals surface area (Å²) in [6.07, 6.45) is 0.791. The molecular weight excluding hydrogens is 218 g/mol. The second-order valence-corrected chi connectivity index (χ2v) is 3.42. The summed E-state index contributed by atoms with van der Waals surface area (Å²) >= 11 is 0. The number of rotatable bonds is 3. The number of hydrogen-bond acceptors (Lipinski definition) is 5. The van der Waals surface area contributed by atoms with Crippen molar-refractivity contribution in [3.63, 3.8) is 0 Å². The molecule has 2 rings (SSSR count). The van der Waals surface area contributed by atoms with Crippen LogP contribution in [0.2, 0.25) is 0 Å². The second kappa shape index (κ2) is 4.61. The number of benzene rings is 1. The van der Waals surface area contributed by atoms with E-state index in [4.69, 9.17) is 10.5 Å². The van der Waals surface area contributed by atoms with Crippen molar-refractivity contribution < 1.29 is 9.53 Å². The summed E-state index contributed by atoms with van der Waals surface area (Å²) in [4.78, 5) is 10.5. The minimum Gasteiger partial charge on any atom is -0.493 e. The van der Waals surface area contributed by atoms with Crippen LogP contribution >= 0.6 is 0 Å². The van der Waals surface area contributed by atoms with Crippen molar-refractivity contribution in [3.8, 4) is 17.0 Å². The van der Waals surface area contributed by atoms with Gasteiger partial charge in [0.25, 0.3) is 0 Å². The number of aromatic nitrogens is 2. The van der Waals surface area contributed by atoms with Crippen molar-refractivity contribution in [2.24, 2.45) is 0 Å². The molecule has 0 spiro atoms. The minimum atomic E-state index is 0.251. The lowest BCUT2D eigenvalue weighted by molar-refractivity contribution is 0.112. The number of nitrogen functional groups attached to an aromatic ring is 1. The van der Waals surface area contributed by atoms with Crippen LogP contribution in [0.3, 0.4) is 0 Å². The van der Waals surface area contributed by atoms with Gasteiger partial charge in [0.15, 0.2) is 11.6 Å². The highest BCUT2D eigenvalue weighted by atomic mass is 16.5. The molecule has 5 nitrogen and oxygen atoms in total. The van der Waals surface area contributed by atoms with Crippen LogP contribution < -0.4 is 10.5 Å². The highest BCUT2D eigenvalue weighted by molar-refractivity contribution is 5.76. The van der Waals surface area contributed by atoms with Crippen molar-refractivity contribution in [2.75, 3.05) is 12.8 Å². The summed E-state index contributed by atoms with van der Waals surface area (Å²) < 4.78 is 5.07. The fourth-order valence-electron chi connectivity index (χ4n) is 1.42. The van der Waals surface area contributed by atoms with Gasteiger partial charge < -0.3 is 10.5 Å². The smallest absolute Gasteiger partial charge is 0.188 e. The Balaban J connectivity index is 2.41. The zero-order valence-corrected chi connectivity index (χ0v) is 9.25. The summed E-state index contributed by atoms with van der Waals surface area (Å²) in [5.41, 5.74) is 7.69. The Morgan fingerprint density at radius 1 is 1.24 bits per heavy atom. The standard InChI is InChI=1S/C12H11N3O2/c1-17-11-6-10(14-15-12(11)13)9-4-2-8(7-16)3-5-9/h2-7H,1H3,(H2,13,15). The first-order valence-corrected chi connectivity index (χ1v) is 4.97. The first kappa shape index (κ1) is 11.1. The van der Waals surface area contributed by atoms with Gasteiger partial charge in [0.05, 0.1) is 12.8 Å². The van der Waals surface area contributed by atoms with Gasteiger partial charge in [-0.25, -0.2) is 0 Å². The molecule has 0 fully saturated rings. The number of carbonyl (C=O) groups is 1. The third kappa shape index (κ3) is 2.23. The number of nitrogens with two attached hydrogens (primary N) is 1. The van der Waals surface area contributed by atoms with E-state index < -0.39 is 0 Å². The fourth-order valence-corrected chi connectivity index (χ4v) is 1.42. The Kier molecular flexibility index (Phi) is 3.00. The molecule has 0 unspecified atom stereocenters. The van der Waals surface area contributed by atoms with Crippen molar-refractivity contribution in [2.45, 2.75) is 0 Å². The van der Waals surface area contributed by atoms with E-state index in [-0.39, 0.29) is 5.82 Å². The topological polar surface area (TPSA) is 78.1 Å². The van der Waals surface area contributed by atoms with Gasteiger partial charge >= 0.3 is 0 Å². The second-order valence-electron chi connectivity index (χ2n) is 3.42. The SMILES string of the molecule is COc1cc(-c2ccc(C=O)cc2)nnc1N. The van der Waals surface area contributed by atoms with Crippen LogP contribution in [0.5, 0.6) is 5.75 Å². The fraction of sp³-hybridized carbons (Fsp3) is 0.0833. The summed E-state index contributed by atoms with van der Waals surface area (Å²) in [6.45, 7) is 0. The molecule has 86 valence electrons. The molecule has 2 aromatic rings. The molecule has 0 bridgehead atoms. The normalized spacial score (nSPS) is 9.94. The van der Waals surface area contributed by atoms with Crippen LogP contribution in [-0.4, -0.2) is 23.6 Å². The number of nitrogens with zero attached hydrogens (tertiary/aromatic N) is 2. The van der Waals surface area contributed by atoms with Crippen molar-refractivity contribution in [3.05, 3.63) is 35.9 Å². The molecule has 5 heteroatoms. The largest absolute Gasteiger partial charge is 0.493 e. The van der Waals surface area contributed by atoms with Crippen molar-refractivity contribution in [1.82, 2.24) is 10.2 Å². The number of ether oxygens (including phenoxy) is 1. The average Bonchev–Trinajstić information content (AvgIpc) is 2.39. The zero-order chi connectivity index (χ0) is 12.3. The molecule has 0 aliphatic heterocycles. The van der Waals surface area contributed by atoms with E-state index >= 15 is 0 Å². The van der Waals surface area contributed by atoms with E-state index in [0.29, 0.717) is 17.0 Å². The highest BCUT2D eigenvalue weighted by Crippen LogP contribution is 2.24. The van der Waals surface area contributed by atoms with Gasteiger partial charge in [-0.05, 0) is 0 Å². The van der Waals surface area contributed by atoms with E-state index in [1.807, 2.05) is 0 Å². The molecule has 0 atom stereocenters. The van der Waals surface area contributed by atoms with E-state index in [1.165, 1.54) is 7.11 Å². The molecule has 2 N–H and O–H groups in total. The van der Waals surface area contributed by atoms with Crippen LogP contribution in [0.15, 0.2) is 30.3 Å². The number of aldehydes is 1. The number of methoxy groups -OCH3 is 1. The van der Waals surface area contributed by atoms with Gasteiger partial charge in [0, 0.05) is 17.2 Å². The van der Waals surface area contributed by atoms with E-state index in [9.17, 15) is 4.79 Å². The lowest BCUT2D eigenvalue weighted by Gasteiger charge is -2.05. The van der Waals surface area contributed by atoms with Crippen molar-refractivity contribution in [1.29, 1.82) is 0 Å². The van der Waals surface area contributed by atoms with Crippen LogP contribution in [0.25, 0.3) is 11.3 Å². The Morgan fingerprint density at radius 3 is 2.53 bits per heavy atom. The summed E-state index contributed by atoms with van der Waals surface area (Å²) in [6, 6.07) is 8.73. The third-order valence-corrected chi connectivity index (χ3v) is 2.35. The Bertz CT molecular complexity index is 538. The number of hydrogen-bond donors (Lipinski definition) is 1. The predicted octanol–water partition coefficient (Wildman–Crippen LogP) is 1.55. The maximum Gasteiger partial charge on any atom is 0.188 e. The summed E-state index contributed by atoms with van der Waals surface area (Å²) in [7, 11) is 1.52. The Morgan fingerprint density at radius 2 is 1.94 bits per heavy atom. The van der Waals surface area contributed by atoms with Gasteiger partial charge in [-0.1, -0.05) is 24.3 Å². The molecule has 1 aromatic heterocycles. The lowest BCUT2D eigenvalue weighted by atomic mass is 10.1. The number of carbonyl (C=O) groups excluding carboxylic acids is 1. The predicted molar refractivity (Wildman–Crippen MR) is 63.8 cm³/mol. The molecule has 0 amide bonds. The maximum atomic E-state index is 10.5. The molecule has 0 saturated carbocycles. The van der Waals surface area contributed by atoms with Gasteiger partial charge in [0.2, 0.25) is 0 Å². The lowest BCUT2D eigenvalue weighted by Crippen LogP contribution is -1.99. The molecule has 0 radical (unpaired) electrons. The van der Waals surface area contributed by atoms with Gasteiger partial charge in [0.1, 0.15) is 6.29 Å². The van der Waals surface area contributed by atoms with Gasteiger partial charge in [-0.2, -0.15) is 0 Å². The average molecular weight is 229 g/mol. The van der Waals surface area contributed by atoms with Crippen LogP contribution in [0.1, 0.15) is 10.4 Å². The third-order valence-electron chi connectivity index (χ3n) is 2.35. The first-order chi connectivity index (χ1) is 8.24. The Labute approximate surface area is 98.2 Å². The van der Waals surface area contributed by atoms with Crippen LogP contribution in [0, 0.1) is 0 Å². The van der Waals surface area contributed by atoms with Crippen LogP contribution in [0.4, 0.5) is 5.82 Å². The van der Waals surface area contributed by atoms with E-state index in [0.717, 1.165) is 11.8 Å². The monoisotopic (exact) mass is 229 g/mol. The maximum absolute atomic E-state index is 10.5. The highest BCUT2D eigenvalue weighted by Gasteiger charge is 2.06. The molecule has 1 heterocycles. The van der Waals surface area contributed by atoms with E-state index in [1.54, 1.807) is 30.3 Å². The minimum absolute atomic E-state index is 0.251. The molecular formula is C12H11N3O2. The molecule has 17 heavy (non-hydrogen) atoms. The van der Waals surface area contributed by atoms with Crippen molar-refractivity contribution >= 4 is 12.1 Å². The molecule has 0 saturated heterocycles. The summed E-state index contributed by atoms with van der Waals surface area (Å²) in [5.74, 6) is 0.732. The molecule has 0 aliphatic carbocycles.